The molecule has 7 heteroatoms. The highest BCUT2D eigenvalue weighted by atomic mass is 32.2. The number of amides is 2. The SMILES string of the molecule is CCC1SCC(C(=O)O)N1C(=O)NCc1ccco1. The van der Waals surface area contributed by atoms with Gasteiger partial charge in [-0.05, 0) is 18.6 Å². The lowest BCUT2D eigenvalue weighted by Crippen LogP contribution is -2.49. The molecule has 0 bridgehead atoms. The number of carbonyl (C=O) groups excluding carboxylic acids is 1. The number of hydrogen-bond acceptors (Lipinski definition) is 4. The number of rotatable bonds is 4. The molecule has 1 saturated heterocycles. The molecule has 1 aliphatic heterocycles. The van der Waals surface area contributed by atoms with Crippen LogP contribution in [-0.4, -0.2) is 39.2 Å². The van der Waals surface area contributed by atoms with Crippen LogP contribution in [0.5, 0.6) is 0 Å². The van der Waals surface area contributed by atoms with E-state index in [1.54, 1.807) is 12.1 Å². The Bertz CT molecular complexity index is 449. The molecule has 1 aromatic rings. The molecule has 1 aliphatic rings. The number of carboxylic acids is 1. The second-order valence-corrected chi connectivity index (χ2v) is 5.41. The van der Waals surface area contributed by atoms with Gasteiger partial charge < -0.3 is 14.8 Å². The number of carbonyl (C=O) groups is 2. The summed E-state index contributed by atoms with van der Waals surface area (Å²) in [5.74, 6) is 0.110. The summed E-state index contributed by atoms with van der Waals surface area (Å²) in [5.41, 5.74) is 0. The maximum atomic E-state index is 12.1. The Morgan fingerprint density at radius 2 is 2.42 bits per heavy atom. The van der Waals surface area contributed by atoms with Crippen molar-refractivity contribution in [3.63, 3.8) is 0 Å². The summed E-state index contributed by atoms with van der Waals surface area (Å²) in [4.78, 5) is 24.7. The molecule has 0 saturated carbocycles. The van der Waals surface area contributed by atoms with Gasteiger partial charge in [0.15, 0.2) is 0 Å². The number of nitrogens with one attached hydrogen (secondary N) is 1. The lowest BCUT2D eigenvalue weighted by atomic mass is 10.3. The Kier molecular flexibility index (Phi) is 4.36. The van der Waals surface area contributed by atoms with Crippen molar-refractivity contribution < 1.29 is 19.1 Å². The summed E-state index contributed by atoms with van der Waals surface area (Å²) in [6.07, 6.45) is 2.25. The van der Waals surface area contributed by atoms with Gasteiger partial charge in [0.25, 0.3) is 0 Å². The molecule has 0 aromatic carbocycles. The average Bonchev–Trinajstić information content (AvgIpc) is 3.04. The lowest BCUT2D eigenvalue weighted by Gasteiger charge is -2.26. The molecule has 2 rings (SSSR count). The lowest BCUT2D eigenvalue weighted by molar-refractivity contribution is -0.141. The third-order valence-electron chi connectivity index (χ3n) is 2.96. The number of urea groups is 1. The van der Waals surface area contributed by atoms with Crippen LogP contribution in [-0.2, 0) is 11.3 Å². The Labute approximate surface area is 115 Å². The molecule has 1 fully saturated rings. The molecule has 2 unspecified atom stereocenters. The quantitative estimate of drug-likeness (QED) is 0.879. The third-order valence-corrected chi connectivity index (χ3v) is 4.41. The van der Waals surface area contributed by atoms with Gasteiger partial charge >= 0.3 is 12.0 Å². The van der Waals surface area contributed by atoms with Gasteiger partial charge in [0, 0.05) is 5.75 Å². The number of carboxylic acid groups (broad SMARTS) is 1. The fourth-order valence-electron chi connectivity index (χ4n) is 2.01. The summed E-state index contributed by atoms with van der Waals surface area (Å²) in [6, 6.07) is 2.37. The van der Waals surface area contributed by atoms with Crippen LogP contribution < -0.4 is 5.32 Å². The average molecular weight is 284 g/mol. The van der Waals surface area contributed by atoms with Gasteiger partial charge in [-0.25, -0.2) is 9.59 Å². The maximum Gasteiger partial charge on any atom is 0.327 e. The summed E-state index contributed by atoms with van der Waals surface area (Å²) in [7, 11) is 0. The molecule has 1 aromatic heterocycles. The summed E-state index contributed by atoms with van der Waals surface area (Å²) < 4.78 is 5.12. The van der Waals surface area contributed by atoms with Crippen molar-refractivity contribution in [2.24, 2.45) is 0 Å². The van der Waals surface area contributed by atoms with Crippen molar-refractivity contribution in [3.8, 4) is 0 Å². The molecular formula is C12H16N2O4S. The predicted octanol–water partition coefficient (Wildman–Crippen LogP) is 1.73. The van der Waals surface area contributed by atoms with Crippen molar-refractivity contribution in [1.29, 1.82) is 0 Å². The maximum absolute atomic E-state index is 12.1. The Hall–Kier alpha value is -1.63. The number of hydrogen-bond donors (Lipinski definition) is 2. The van der Waals surface area contributed by atoms with E-state index in [0.29, 0.717) is 11.5 Å². The van der Waals surface area contributed by atoms with Crippen molar-refractivity contribution >= 4 is 23.8 Å². The van der Waals surface area contributed by atoms with Gasteiger partial charge in [0.2, 0.25) is 0 Å². The first-order valence-electron chi connectivity index (χ1n) is 6.06. The van der Waals surface area contributed by atoms with E-state index in [-0.39, 0.29) is 17.9 Å². The highest BCUT2D eigenvalue weighted by molar-refractivity contribution is 8.00. The molecule has 0 radical (unpaired) electrons. The minimum atomic E-state index is -0.961. The summed E-state index contributed by atoms with van der Waals surface area (Å²) in [5, 5.41) is 11.8. The van der Waals surface area contributed by atoms with Crippen molar-refractivity contribution in [3.05, 3.63) is 24.2 Å². The van der Waals surface area contributed by atoms with Crippen LogP contribution in [0.15, 0.2) is 22.8 Å². The Balaban J connectivity index is 2.00. The fourth-order valence-corrected chi connectivity index (χ4v) is 3.35. The molecule has 19 heavy (non-hydrogen) atoms. The molecule has 2 atom stereocenters. The molecule has 6 nitrogen and oxygen atoms in total. The van der Waals surface area contributed by atoms with E-state index in [2.05, 4.69) is 5.32 Å². The minimum absolute atomic E-state index is 0.0855. The van der Waals surface area contributed by atoms with Gasteiger partial charge in [-0.3, -0.25) is 4.90 Å². The zero-order valence-electron chi connectivity index (χ0n) is 10.5. The van der Waals surface area contributed by atoms with Crippen LogP contribution in [0.2, 0.25) is 0 Å². The second-order valence-electron chi connectivity index (χ2n) is 4.20. The van der Waals surface area contributed by atoms with E-state index in [1.165, 1.54) is 22.9 Å². The minimum Gasteiger partial charge on any atom is -0.480 e. The molecular weight excluding hydrogens is 268 g/mol. The Morgan fingerprint density at radius 3 is 3.00 bits per heavy atom. The van der Waals surface area contributed by atoms with E-state index in [0.717, 1.165) is 6.42 Å². The van der Waals surface area contributed by atoms with Crippen LogP contribution in [0.3, 0.4) is 0 Å². The third kappa shape index (κ3) is 3.04. The zero-order valence-corrected chi connectivity index (χ0v) is 11.4. The first kappa shape index (κ1) is 13.8. The number of nitrogens with zero attached hydrogens (tertiary/aromatic N) is 1. The van der Waals surface area contributed by atoms with Crippen LogP contribution >= 0.6 is 11.8 Å². The highest BCUT2D eigenvalue weighted by Gasteiger charge is 2.40. The standard InChI is InChI=1S/C12H16N2O4S/c1-2-10-14(9(7-19-10)11(15)16)12(17)13-6-8-4-3-5-18-8/h3-5,9-10H,2,6-7H2,1H3,(H,13,17)(H,15,16). The van der Waals surface area contributed by atoms with Gasteiger partial charge in [0.05, 0.1) is 18.2 Å². The van der Waals surface area contributed by atoms with E-state index in [9.17, 15) is 9.59 Å². The first-order valence-corrected chi connectivity index (χ1v) is 7.11. The van der Waals surface area contributed by atoms with Crippen LogP contribution in [0.1, 0.15) is 19.1 Å². The smallest absolute Gasteiger partial charge is 0.327 e. The van der Waals surface area contributed by atoms with E-state index in [4.69, 9.17) is 9.52 Å². The molecule has 104 valence electrons. The molecule has 0 aliphatic carbocycles. The van der Waals surface area contributed by atoms with Crippen molar-refractivity contribution in [2.75, 3.05) is 5.75 Å². The van der Waals surface area contributed by atoms with E-state index in [1.807, 2.05) is 6.92 Å². The Morgan fingerprint density at radius 1 is 1.63 bits per heavy atom. The summed E-state index contributed by atoms with van der Waals surface area (Å²) >= 11 is 1.50. The van der Waals surface area contributed by atoms with Crippen LogP contribution in [0.4, 0.5) is 4.79 Å². The first-order chi connectivity index (χ1) is 9.13. The molecule has 2 amide bonds. The second kappa shape index (κ2) is 6.01. The zero-order chi connectivity index (χ0) is 13.8. The van der Waals surface area contributed by atoms with Crippen LogP contribution in [0.25, 0.3) is 0 Å². The van der Waals surface area contributed by atoms with Gasteiger partial charge in [0.1, 0.15) is 11.8 Å². The highest BCUT2D eigenvalue weighted by Crippen LogP contribution is 2.31. The van der Waals surface area contributed by atoms with Gasteiger partial charge in [-0.2, -0.15) is 0 Å². The molecule has 2 heterocycles. The van der Waals surface area contributed by atoms with Crippen molar-refractivity contribution in [1.82, 2.24) is 10.2 Å². The van der Waals surface area contributed by atoms with Gasteiger partial charge in [-0.15, -0.1) is 11.8 Å². The number of thioether (sulfide) groups is 1. The van der Waals surface area contributed by atoms with Crippen LogP contribution in [0, 0.1) is 0 Å². The van der Waals surface area contributed by atoms with Crippen molar-refractivity contribution in [2.45, 2.75) is 31.3 Å². The largest absolute Gasteiger partial charge is 0.480 e. The normalized spacial score (nSPS) is 22.5. The van der Waals surface area contributed by atoms with Gasteiger partial charge in [-0.1, -0.05) is 6.92 Å². The molecule has 2 N–H and O–H groups in total. The predicted molar refractivity (Wildman–Crippen MR) is 70.7 cm³/mol. The van der Waals surface area contributed by atoms with E-state index < -0.39 is 12.0 Å². The monoisotopic (exact) mass is 284 g/mol. The molecule has 0 spiro atoms. The topological polar surface area (TPSA) is 82.8 Å². The van der Waals surface area contributed by atoms with E-state index >= 15 is 0 Å². The summed E-state index contributed by atoms with van der Waals surface area (Å²) in [6.45, 7) is 2.20. The number of furan rings is 1. The number of aliphatic carboxylic acids is 1. The fraction of sp³-hybridized carbons (Fsp3) is 0.500.